The summed E-state index contributed by atoms with van der Waals surface area (Å²) < 4.78 is 2.43. The number of nitrogens with zero attached hydrogens (tertiary/aromatic N) is 4. The van der Waals surface area contributed by atoms with E-state index in [0.29, 0.717) is 11.4 Å². The van der Waals surface area contributed by atoms with Crippen LogP contribution in [0.5, 0.6) is 0 Å². The number of anilines is 4. The van der Waals surface area contributed by atoms with E-state index in [1.54, 1.807) is 0 Å². The summed E-state index contributed by atoms with van der Waals surface area (Å²) in [5, 5.41) is 12.8. The molecule has 3 heterocycles. The van der Waals surface area contributed by atoms with Crippen LogP contribution in [0.4, 0.5) is 23.0 Å². The van der Waals surface area contributed by atoms with Gasteiger partial charge in [-0.1, -0.05) is 139 Å². The van der Waals surface area contributed by atoms with E-state index in [1.165, 1.54) is 52.8 Å². The van der Waals surface area contributed by atoms with Gasteiger partial charge in [0.25, 0.3) is 5.95 Å². The number of benzene rings is 8. The molecule has 0 bridgehead atoms. The molecule has 240 valence electrons. The Morgan fingerprint density at radius 1 is 0.500 bits per heavy atom. The molecule has 0 saturated heterocycles. The molecular weight excluding hydrogens is 651 g/mol. The maximum Gasteiger partial charge on any atom is 0.251 e. The lowest BCUT2D eigenvalue weighted by molar-refractivity contribution is 0.933. The van der Waals surface area contributed by atoms with Gasteiger partial charge in [0.15, 0.2) is 0 Å². The van der Waals surface area contributed by atoms with E-state index in [-0.39, 0.29) is 0 Å². The van der Waals surface area contributed by atoms with Gasteiger partial charge >= 0.3 is 0 Å². The zero-order chi connectivity index (χ0) is 34.3. The average molecular weight is 679 g/mol. The van der Waals surface area contributed by atoms with Crippen LogP contribution in [0, 0.1) is 0 Å². The molecule has 0 amide bonds. The van der Waals surface area contributed by atoms with E-state index < -0.39 is 0 Å². The molecule has 0 N–H and O–H groups in total. The second kappa shape index (κ2) is 11.3. The third-order valence-electron chi connectivity index (χ3n) is 10.3. The minimum Gasteiger partial charge on any atom is -0.246 e. The molecule has 0 unspecified atom stereocenters. The number of hydrogen-bond donors (Lipinski definition) is 0. The van der Waals surface area contributed by atoms with Gasteiger partial charge in [-0.25, -0.2) is 20.0 Å². The molecular formula is C46H27BN4S. The molecule has 0 spiro atoms. The summed E-state index contributed by atoms with van der Waals surface area (Å²) in [7, 11) is 6.68. The number of fused-ring (bicyclic) bond motifs is 13. The van der Waals surface area contributed by atoms with Gasteiger partial charge in [0.1, 0.15) is 7.85 Å². The van der Waals surface area contributed by atoms with Gasteiger partial charge in [-0.2, -0.15) is 0 Å². The lowest BCUT2D eigenvalue weighted by atomic mass is 9.87. The van der Waals surface area contributed by atoms with Crippen molar-refractivity contribution in [3.63, 3.8) is 0 Å². The Hall–Kier alpha value is -6.50. The lowest BCUT2D eigenvalue weighted by Gasteiger charge is -2.43. The van der Waals surface area contributed by atoms with Crippen molar-refractivity contribution in [2.24, 2.45) is 0 Å². The van der Waals surface area contributed by atoms with Crippen LogP contribution in [0.25, 0.3) is 75.0 Å². The highest BCUT2D eigenvalue weighted by molar-refractivity contribution is 7.26. The summed E-state index contributed by atoms with van der Waals surface area (Å²) >= 11 is 1.83. The van der Waals surface area contributed by atoms with E-state index >= 15 is 0 Å². The quantitative estimate of drug-likeness (QED) is 0.174. The van der Waals surface area contributed by atoms with Crippen molar-refractivity contribution in [1.82, 2.24) is 9.97 Å². The number of aromatic nitrogens is 2. The van der Waals surface area contributed by atoms with Crippen molar-refractivity contribution in [3.8, 4) is 22.4 Å². The highest BCUT2D eigenvalue weighted by atomic mass is 32.1. The van der Waals surface area contributed by atoms with Gasteiger partial charge in [0.05, 0.1) is 33.0 Å². The largest absolute Gasteiger partial charge is 0.251 e. The third kappa shape index (κ3) is 4.16. The molecule has 0 atom stereocenters. The van der Waals surface area contributed by atoms with E-state index in [9.17, 15) is 0 Å². The van der Waals surface area contributed by atoms with Gasteiger partial charge in [-0.3, -0.25) is 0 Å². The molecule has 2 aromatic heterocycles. The fourth-order valence-electron chi connectivity index (χ4n) is 8.09. The van der Waals surface area contributed by atoms with E-state index in [2.05, 4.69) is 137 Å². The Bertz CT molecular complexity index is 3060. The number of hydrazine groups is 1. The molecule has 8 aromatic carbocycles. The summed E-state index contributed by atoms with van der Waals surface area (Å²) in [5.41, 5.74) is 8.68. The molecule has 1 aliphatic rings. The lowest BCUT2D eigenvalue weighted by Crippen LogP contribution is -2.40. The van der Waals surface area contributed by atoms with E-state index in [0.717, 1.165) is 39.2 Å². The van der Waals surface area contributed by atoms with Crippen molar-refractivity contribution in [3.05, 3.63) is 164 Å². The summed E-state index contributed by atoms with van der Waals surface area (Å²) in [6.07, 6.45) is 0. The fraction of sp³-hybridized carbons (Fsp3) is 0. The van der Waals surface area contributed by atoms with Gasteiger partial charge < -0.3 is 0 Å². The molecule has 2 radical (unpaired) electrons. The van der Waals surface area contributed by atoms with Gasteiger partial charge in [-0.05, 0) is 57.4 Å². The van der Waals surface area contributed by atoms with Crippen LogP contribution in [-0.2, 0) is 0 Å². The van der Waals surface area contributed by atoms with Gasteiger partial charge in [0.2, 0.25) is 0 Å². The molecule has 0 saturated carbocycles. The maximum atomic E-state index is 6.68. The first-order valence-corrected chi connectivity index (χ1v) is 18.2. The molecule has 0 aliphatic carbocycles. The number of rotatable bonds is 3. The fourth-order valence-corrected chi connectivity index (χ4v) is 9.35. The zero-order valence-corrected chi connectivity index (χ0v) is 28.7. The molecule has 1 aliphatic heterocycles. The first kappa shape index (κ1) is 29.3. The molecule has 52 heavy (non-hydrogen) atoms. The highest BCUT2D eigenvalue weighted by Crippen LogP contribution is 2.58. The minimum absolute atomic E-state index is 0.565. The van der Waals surface area contributed by atoms with Crippen molar-refractivity contribution >= 4 is 100 Å². The van der Waals surface area contributed by atoms with Crippen molar-refractivity contribution < 1.29 is 0 Å². The second-order valence-electron chi connectivity index (χ2n) is 13.2. The van der Waals surface area contributed by atoms with Crippen LogP contribution < -0.4 is 15.5 Å². The predicted molar refractivity (Wildman–Crippen MR) is 221 cm³/mol. The number of thiophene rings is 1. The molecule has 11 rings (SSSR count). The van der Waals surface area contributed by atoms with Crippen molar-refractivity contribution in [1.29, 1.82) is 0 Å². The molecule has 4 nitrogen and oxygen atoms in total. The van der Waals surface area contributed by atoms with Crippen molar-refractivity contribution in [2.45, 2.75) is 0 Å². The van der Waals surface area contributed by atoms with Crippen LogP contribution in [-0.4, -0.2) is 17.8 Å². The Morgan fingerprint density at radius 2 is 1.17 bits per heavy atom. The average Bonchev–Trinajstić information content (AvgIpc) is 3.60. The van der Waals surface area contributed by atoms with Crippen LogP contribution in [0.1, 0.15) is 0 Å². The third-order valence-corrected chi connectivity index (χ3v) is 11.5. The van der Waals surface area contributed by atoms with Gasteiger partial charge in [0, 0.05) is 32.0 Å². The predicted octanol–water partition coefficient (Wildman–Crippen LogP) is 11.6. The molecule has 6 heteroatoms. The monoisotopic (exact) mass is 678 g/mol. The normalized spacial score (nSPS) is 12.6. The minimum atomic E-state index is 0.565. The zero-order valence-electron chi connectivity index (χ0n) is 27.9. The Labute approximate surface area is 305 Å². The number of para-hydroxylation sites is 2. The smallest absolute Gasteiger partial charge is 0.246 e. The highest BCUT2D eigenvalue weighted by Gasteiger charge is 2.38. The first-order valence-electron chi connectivity index (χ1n) is 17.4. The molecule has 10 aromatic rings. The van der Waals surface area contributed by atoms with Crippen LogP contribution in [0.15, 0.2) is 164 Å². The Morgan fingerprint density at radius 3 is 2.02 bits per heavy atom. The summed E-state index contributed by atoms with van der Waals surface area (Å²) in [4.78, 5) is 10.9. The standard InChI is InChI=1S/C46H27BN4S/c47-36-23-11-8-20-33(36)43-34-21-9-12-24-37(34)48-46(49-43)51-44-42(32-19-7-6-18-31(32)40-35-22-10-13-25-39(35)52-45(40)44)41-30-17-5-4-14-28(30)26-27-38(41)50(51)29-15-2-1-3-16-29/h1-27H. The van der Waals surface area contributed by atoms with Gasteiger partial charge in [-0.15, -0.1) is 11.3 Å². The second-order valence-corrected chi connectivity index (χ2v) is 14.2. The Kier molecular flexibility index (Phi) is 6.33. The maximum absolute atomic E-state index is 6.68. The summed E-state index contributed by atoms with van der Waals surface area (Å²) in [5.74, 6) is 0.565. The van der Waals surface area contributed by atoms with Crippen LogP contribution in [0.3, 0.4) is 0 Å². The van der Waals surface area contributed by atoms with E-state index in [4.69, 9.17) is 17.8 Å². The van der Waals surface area contributed by atoms with Crippen LogP contribution >= 0.6 is 11.3 Å². The topological polar surface area (TPSA) is 32.3 Å². The van der Waals surface area contributed by atoms with Crippen molar-refractivity contribution in [2.75, 3.05) is 10.0 Å². The molecule has 0 fully saturated rings. The summed E-state index contributed by atoms with van der Waals surface area (Å²) in [6.45, 7) is 0. The Balaban J connectivity index is 1.37. The number of hydrogen-bond acceptors (Lipinski definition) is 5. The SMILES string of the molecule is [B]c1ccccc1-c1nc(N2c3c(c4ccccc4c4c3sc3ccccc34)-c3c(ccc4ccccc34)N2c2ccccc2)nc2ccccc12. The van der Waals surface area contributed by atoms with Crippen LogP contribution in [0.2, 0.25) is 0 Å². The first-order chi connectivity index (χ1) is 25.7. The summed E-state index contributed by atoms with van der Waals surface area (Å²) in [6, 6.07) is 57.6. The van der Waals surface area contributed by atoms with E-state index in [1.807, 2.05) is 47.7 Å².